The Kier molecular flexibility index (Phi) is 5.35. The maximum Gasteiger partial charge on any atom is 0.287 e. The summed E-state index contributed by atoms with van der Waals surface area (Å²) in [6.07, 6.45) is 1.65. The van der Waals surface area contributed by atoms with Gasteiger partial charge in [-0.05, 0) is 12.8 Å². The number of nitrogens with one attached hydrogen (secondary N) is 1. The van der Waals surface area contributed by atoms with Crippen LogP contribution in [0.4, 0.5) is 5.69 Å². The van der Waals surface area contributed by atoms with E-state index in [0.29, 0.717) is 18.2 Å². The molecule has 0 saturated carbocycles. The van der Waals surface area contributed by atoms with Crippen molar-refractivity contribution in [1.29, 1.82) is 0 Å². The van der Waals surface area contributed by atoms with Gasteiger partial charge in [-0.2, -0.15) is 5.10 Å². The van der Waals surface area contributed by atoms with Crippen LogP contribution < -0.4 is 16.6 Å². The standard InChI is InChI=1S/C12H19ClN4O2/c1-7(2)6-17-12(19)11(13)9(5-15-17)16-8(3)4-10(14)18/h5,7-8,16H,4,6H2,1-3H3,(H2,14,18). The van der Waals surface area contributed by atoms with Crippen molar-refractivity contribution in [2.24, 2.45) is 11.7 Å². The Hall–Kier alpha value is -1.56. The van der Waals surface area contributed by atoms with Crippen LogP contribution in [-0.4, -0.2) is 21.7 Å². The summed E-state index contributed by atoms with van der Waals surface area (Å²) in [5.74, 6) is -0.119. The molecule has 0 aromatic carbocycles. The van der Waals surface area contributed by atoms with Crippen molar-refractivity contribution in [1.82, 2.24) is 9.78 Å². The molecule has 19 heavy (non-hydrogen) atoms. The molecule has 0 fully saturated rings. The maximum absolute atomic E-state index is 12.0. The van der Waals surface area contributed by atoms with Gasteiger partial charge < -0.3 is 11.1 Å². The number of carbonyl (C=O) groups is 1. The van der Waals surface area contributed by atoms with Gasteiger partial charge in [-0.15, -0.1) is 0 Å². The van der Waals surface area contributed by atoms with Gasteiger partial charge in [0.2, 0.25) is 5.91 Å². The second-order valence-corrected chi connectivity index (χ2v) is 5.35. The van der Waals surface area contributed by atoms with E-state index in [9.17, 15) is 9.59 Å². The van der Waals surface area contributed by atoms with E-state index < -0.39 is 5.91 Å². The van der Waals surface area contributed by atoms with E-state index >= 15 is 0 Å². The highest BCUT2D eigenvalue weighted by atomic mass is 35.5. The van der Waals surface area contributed by atoms with Crippen molar-refractivity contribution in [3.8, 4) is 0 Å². The van der Waals surface area contributed by atoms with Crippen LogP contribution in [0.15, 0.2) is 11.0 Å². The minimum Gasteiger partial charge on any atom is -0.379 e. The van der Waals surface area contributed by atoms with Crippen LogP contribution >= 0.6 is 11.6 Å². The van der Waals surface area contributed by atoms with Crippen LogP contribution in [0, 0.1) is 5.92 Å². The largest absolute Gasteiger partial charge is 0.379 e. The Morgan fingerprint density at radius 1 is 1.53 bits per heavy atom. The molecule has 0 aliphatic rings. The van der Waals surface area contributed by atoms with E-state index in [4.69, 9.17) is 17.3 Å². The monoisotopic (exact) mass is 286 g/mol. The lowest BCUT2D eigenvalue weighted by Crippen LogP contribution is -2.29. The van der Waals surface area contributed by atoms with Crippen LogP contribution in [0.1, 0.15) is 27.2 Å². The fraction of sp³-hybridized carbons (Fsp3) is 0.583. The van der Waals surface area contributed by atoms with Crippen molar-refractivity contribution in [2.45, 2.75) is 39.8 Å². The summed E-state index contributed by atoms with van der Waals surface area (Å²) in [6, 6.07) is -0.211. The van der Waals surface area contributed by atoms with E-state index in [1.165, 1.54) is 10.9 Å². The number of amides is 1. The molecular weight excluding hydrogens is 268 g/mol. The number of primary amides is 1. The highest BCUT2D eigenvalue weighted by Gasteiger charge is 2.13. The molecule has 0 bridgehead atoms. The smallest absolute Gasteiger partial charge is 0.287 e. The van der Waals surface area contributed by atoms with Gasteiger partial charge in [-0.1, -0.05) is 25.4 Å². The quantitative estimate of drug-likeness (QED) is 0.823. The predicted molar refractivity (Wildman–Crippen MR) is 75.2 cm³/mol. The van der Waals surface area contributed by atoms with Gasteiger partial charge in [0, 0.05) is 19.0 Å². The summed E-state index contributed by atoms with van der Waals surface area (Å²) < 4.78 is 1.33. The van der Waals surface area contributed by atoms with Gasteiger partial charge in [0.05, 0.1) is 11.9 Å². The second kappa shape index (κ2) is 6.56. The lowest BCUT2D eigenvalue weighted by atomic mass is 10.2. The number of rotatable bonds is 6. The average Bonchev–Trinajstić information content (AvgIpc) is 2.27. The molecule has 1 aromatic heterocycles. The SMILES string of the molecule is CC(C)Cn1ncc(NC(C)CC(N)=O)c(Cl)c1=O. The van der Waals surface area contributed by atoms with Crippen LogP contribution in [0.3, 0.4) is 0 Å². The summed E-state index contributed by atoms with van der Waals surface area (Å²) in [5, 5.41) is 7.08. The van der Waals surface area contributed by atoms with Crippen molar-refractivity contribution in [2.75, 3.05) is 5.32 Å². The van der Waals surface area contributed by atoms with Crippen LogP contribution in [-0.2, 0) is 11.3 Å². The zero-order chi connectivity index (χ0) is 14.6. The number of carbonyl (C=O) groups excluding carboxylic acids is 1. The molecule has 3 N–H and O–H groups in total. The minimum atomic E-state index is -0.419. The first kappa shape index (κ1) is 15.5. The highest BCUT2D eigenvalue weighted by Crippen LogP contribution is 2.17. The summed E-state index contributed by atoms with van der Waals surface area (Å²) >= 11 is 6.01. The number of aromatic nitrogens is 2. The van der Waals surface area contributed by atoms with E-state index in [0.717, 1.165) is 0 Å². The van der Waals surface area contributed by atoms with Gasteiger partial charge in [0.1, 0.15) is 5.02 Å². The third-order valence-electron chi connectivity index (χ3n) is 2.43. The fourth-order valence-electron chi connectivity index (χ4n) is 1.66. The first-order chi connectivity index (χ1) is 8.81. The number of hydrogen-bond donors (Lipinski definition) is 2. The lowest BCUT2D eigenvalue weighted by molar-refractivity contribution is -0.118. The Morgan fingerprint density at radius 2 is 2.16 bits per heavy atom. The third kappa shape index (κ3) is 4.55. The number of nitrogens with zero attached hydrogens (tertiary/aromatic N) is 2. The Morgan fingerprint density at radius 3 is 2.68 bits per heavy atom. The first-order valence-electron chi connectivity index (χ1n) is 6.11. The summed E-state index contributed by atoms with van der Waals surface area (Å²) in [6.45, 7) is 6.27. The summed E-state index contributed by atoms with van der Waals surface area (Å²) in [7, 11) is 0. The van der Waals surface area contributed by atoms with E-state index in [1.54, 1.807) is 6.92 Å². The Bertz CT molecular complexity index is 513. The van der Waals surface area contributed by atoms with Crippen molar-refractivity contribution < 1.29 is 4.79 Å². The second-order valence-electron chi connectivity index (χ2n) is 4.97. The molecule has 106 valence electrons. The molecule has 1 heterocycles. The Balaban J connectivity index is 2.90. The molecule has 0 saturated heterocycles. The summed E-state index contributed by atoms with van der Waals surface area (Å²) in [4.78, 5) is 22.8. The molecule has 1 atom stereocenters. The highest BCUT2D eigenvalue weighted by molar-refractivity contribution is 6.32. The molecule has 1 amide bonds. The topological polar surface area (TPSA) is 90.0 Å². The molecule has 6 nitrogen and oxygen atoms in total. The van der Waals surface area contributed by atoms with Crippen LogP contribution in [0.25, 0.3) is 0 Å². The van der Waals surface area contributed by atoms with Gasteiger partial charge in [0.25, 0.3) is 5.56 Å². The minimum absolute atomic E-state index is 0.0759. The van der Waals surface area contributed by atoms with Gasteiger partial charge in [-0.25, -0.2) is 4.68 Å². The van der Waals surface area contributed by atoms with Gasteiger partial charge in [-0.3, -0.25) is 9.59 Å². The van der Waals surface area contributed by atoms with Crippen LogP contribution in [0.5, 0.6) is 0 Å². The maximum atomic E-state index is 12.0. The van der Waals surface area contributed by atoms with Crippen molar-refractivity contribution in [3.05, 3.63) is 21.6 Å². The van der Waals surface area contributed by atoms with E-state index in [2.05, 4.69) is 10.4 Å². The Labute approximate surface area is 116 Å². The van der Waals surface area contributed by atoms with E-state index in [1.807, 2.05) is 13.8 Å². The predicted octanol–water partition coefficient (Wildman–Crippen LogP) is 1.23. The number of anilines is 1. The number of nitrogens with two attached hydrogens (primary N) is 1. The van der Waals surface area contributed by atoms with Crippen molar-refractivity contribution in [3.63, 3.8) is 0 Å². The molecule has 0 aliphatic carbocycles. The number of hydrogen-bond acceptors (Lipinski definition) is 4. The molecule has 0 aliphatic heterocycles. The lowest BCUT2D eigenvalue weighted by Gasteiger charge is -2.15. The molecular formula is C12H19ClN4O2. The number of halogens is 1. The first-order valence-corrected chi connectivity index (χ1v) is 6.49. The molecule has 1 unspecified atom stereocenters. The normalized spacial score (nSPS) is 12.5. The summed E-state index contributed by atoms with van der Waals surface area (Å²) in [5.41, 5.74) is 5.18. The third-order valence-corrected chi connectivity index (χ3v) is 2.80. The fourth-order valence-corrected chi connectivity index (χ4v) is 1.86. The van der Waals surface area contributed by atoms with Crippen molar-refractivity contribution >= 4 is 23.2 Å². The average molecular weight is 287 g/mol. The zero-order valence-electron chi connectivity index (χ0n) is 11.3. The van der Waals surface area contributed by atoms with Gasteiger partial charge in [0.15, 0.2) is 0 Å². The van der Waals surface area contributed by atoms with Gasteiger partial charge >= 0.3 is 0 Å². The zero-order valence-corrected chi connectivity index (χ0v) is 12.1. The van der Waals surface area contributed by atoms with Crippen LogP contribution in [0.2, 0.25) is 5.02 Å². The molecule has 1 rings (SSSR count). The molecule has 0 spiro atoms. The molecule has 0 radical (unpaired) electrons. The molecule has 1 aromatic rings. The molecule has 7 heteroatoms. The van der Waals surface area contributed by atoms with E-state index in [-0.39, 0.29) is 23.0 Å².